The summed E-state index contributed by atoms with van der Waals surface area (Å²) in [5.41, 5.74) is 11.0. The number of anilines is 6. The lowest BCUT2D eigenvalue weighted by molar-refractivity contribution is -0.137. The van der Waals surface area contributed by atoms with Crippen LogP contribution in [0.25, 0.3) is 38.3 Å². The number of aryl methyl sites for hydroxylation is 3. The van der Waals surface area contributed by atoms with Gasteiger partial charge in [-0.1, -0.05) is 83.9 Å². The highest BCUT2D eigenvalue weighted by molar-refractivity contribution is 6.14. The van der Waals surface area contributed by atoms with Crippen molar-refractivity contribution in [2.24, 2.45) is 0 Å². The lowest BCUT2D eigenvalue weighted by atomic mass is 10.0. The maximum Gasteiger partial charge on any atom is 0.416 e. The van der Waals surface area contributed by atoms with Crippen LogP contribution in [-0.4, -0.2) is 4.57 Å². The van der Waals surface area contributed by atoms with E-state index in [1.165, 1.54) is 23.3 Å². The van der Waals surface area contributed by atoms with Crippen LogP contribution in [0.1, 0.15) is 22.3 Å². The van der Waals surface area contributed by atoms with Crippen molar-refractivity contribution in [2.75, 3.05) is 9.80 Å². The second-order valence-corrected chi connectivity index (χ2v) is 14.5. The number of halogens is 3. The molecule has 0 aliphatic carbocycles. The molecule has 0 atom stereocenters. The van der Waals surface area contributed by atoms with E-state index in [-0.39, 0.29) is 0 Å². The van der Waals surface area contributed by atoms with Crippen molar-refractivity contribution in [3.05, 3.63) is 198 Å². The predicted octanol–water partition coefficient (Wildman–Crippen LogP) is 14.8. The van der Waals surface area contributed by atoms with Gasteiger partial charge in [-0.2, -0.15) is 13.2 Å². The normalized spacial score (nSPS) is 11.8. The molecule has 3 nitrogen and oxygen atoms in total. The second-order valence-electron chi connectivity index (χ2n) is 14.5. The van der Waals surface area contributed by atoms with Crippen LogP contribution in [0, 0.1) is 20.8 Å². The minimum absolute atomic E-state index is 0.432. The average Bonchev–Trinajstić information content (AvgIpc) is 3.51. The molecule has 0 aliphatic heterocycles. The third kappa shape index (κ3) is 6.43. The molecular formula is C50H38F3N3. The van der Waals surface area contributed by atoms with Crippen LogP contribution in [0.4, 0.5) is 47.3 Å². The van der Waals surface area contributed by atoms with Gasteiger partial charge in [0.05, 0.1) is 16.6 Å². The maximum absolute atomic E-state index is 14.0. The molecule has 0 unspecified atom stereocenters. The first-order valence-electron chi connectivity index (χ1n) is 18.7. The van der Waals surface area contributed by atoms with E-state index in [9.17, 15) is 13.2 Å². The van der Waals surface area contributed by atoms with Gasteiger partial charge in [0.2, 0.25) is 0 Å². The summed E-state index contributed by atoms with van der Waals surface area (Å²) in [5, 5.41) is 4.24. The molecule has 0 bridgehead atoms. The van der Waals surface area contributed by atoms with E-state index in [4.69, 9.17) is 0 Å². The van der Waals surface area contributed by atoms with Crippen LogP contribution in [-0.2, 0) is 6.18 Å². The summed E-state index contributed by atoms with van der Waals surface area (Å²) in [6.07, 6.45) is -4.47. The van der Waals surface area contributed by atoms with Crippen LogP contribution in [0.15, 0.2) is 176 Å². The first-order chi connectivity index (χ1) is 27.1. The van der Waals surface area contributed by atoms with E-state index in [0.717, 1.165) is 78.3 Å². The SMILES string of the molecule is Cc1ccc(N(c2cccc(C(F)(F)F)c2)c2ccc3cc4c5ccc(N(c6ccc(C)cc6)c6cccc(C)c6)cc5n(-c5ccccc5)c4cc3c2)cc1. The minimum Gasteiger partial charge on any atom is -0.310 e. The summed E-state index contributed by atoms with van der Waals surface area (Å²) in [7, 11) is 0. The summed E-state index contributed by atoms with van der Waals surface area (Å²) in [4.78, 5) is 4.19. The average molecular weight is 738 g/mol. The van der Waals surface area contributed by atoms with E-state index >= 15 is 0 Å². The summed E-state index contributed by atoms with van der Waals surface area (Å²) >= 11 is 0. The summed E-state index contributed by atoms with van der Waals surface area (Å²) in [6, 6.07) is 58.2. The van der Waals surface area contributed by atoms with Crippen molar-refractivity contribution in [3.8, 4) is 5.69 Å². The maximum atomic E-state index is 14.0. The number of hydrogen-bond donors (Lipinski definition) is 0. The number of fused-ring (bicyclic) bond motifs is 4. The lowest BCUT2D eigenvalue weighted by Crippen LogP contribution is -2.12. The van der Waals surface area contributed by atoms with Crippen molar-refractivity contribution in [1.82, 2.24) is 4.57 Å². The van der Waals surface area contributed by atoms with Gasteiger partial charge in [-0.15, -0.1) is 0 Å². The molecule has 0 amide bonds. The fourth-order valence-electron chi connectivity index (χ4n) is 7.74. The molecule has 0 saturated carbocycles. The van der Waals surface area contributed by atoms with Gasteiger partial charge in [0.1, 0.15) is 0 Å². The molecule has 0 N–H and O–H groups in total. The Balaban J connectivity index is 1.26. The molecule has 9 rings (SSSR count). The number of hydrogen-bond acceptors (Lipinski definition) is 2. The molecule has 0 spiro atoms. The Hall–Kier alpha value is -6.79. The molecule has 0 fully saturated rings. The van der Waals surface area contributed by atoms with Crippen LogP contribution < -0.4 is 9.80 Å². The quantitative estimate of drug-likeness (QED) is 0.161. The molecule has 0 saturated heterocycles. The molecular weight excluding hydrogens is 700 g/mol. The molecule has 0 aliphatic rings. The minimum atomic E-state index is -4.47. The van der Waals surface area contributed by atoms with Crippen molar-refractivity contribution in [1.29, 1.82) is 0 Å². The van der Waals surface area contributed by atoms with Gasteiger partial charge in [-0.25, -0.2) is 0 Å². The van der Waals surface area contributed by atoms with Crippen LogP contribution >= 0.6 is 0 Å². The number of nitrogens with zero attached hydrogens (tertiary/aromatic N) is 3. The van der Waals surface area contributed by atoms with E-state index in [1.807, 2.05) is 48.2 Å². The zero-order chi connectivity index (χ0) is 38.6. The van der Waals surface area contributed by atoms with Gasteiger partial charge in [0.25, 0.3) is 0 Å². The highest BCUT2D eigenvalue weighted by Crippen LogP contribution is 2.43. The fraction of sp³-hybridized carbons (Fsp3) is 0.0800. The molecule has 56 heavy (non-hydrogen) atoms. The van der Waals surface area contributed by atoms with Crippen LogP contribution in [0.5, 0.6) is 0 Å². The number of para-hydroxylation sites is 1. The molecule has 274 valence electrons. The Bertz CT molecular complexity index is 2870. The highest BCUT2D eigenvalue weighted by Gasteiger charge is 2.31. The monoisotopic (exact) mass is 737 g/mol. The highest BCUT2D eigenvalue weighted by atomic mass is 19.4. The zero-order valence-electron chi connectivity index (χ0n) is 31.2. The third-order valence-corrected chi connectivity index (χ3v) is 10.5. The van der Waals surface area contributed by atoms with Crippen molar-refractivity contribution in [3.63, 3.8) is 0 Å². The molecule has 9 aromatic rings. The molecule has 1 aromatic heterocycles. The van der Waals surface area contributed by atoms with Gasteiger partial charge in [-0.05, 0) is 140 Å². The molecule has 6 heteroatoms. The van der Waals surface area contributed by atoms with Crippen LogP contribution in [0.3, 0.4) is 0 Å². The summed E-state index contributed by atoms with van der Waals surface area (Å²) < 4.78 is 44.2. The zero-order valence-corrected chi connectivity index (χ0v) is 31.2. The summed E-state index contributed by atoms with van der Waals surface area (Å²) in [5.74, 6) is 0. The second kappa shape index (κ2) is 13.8. The van der Waals surface area contributed by atoms with Gasteiger partial charge < -0.3 is 14.4 Å². The number of alkyl halides is 3. The number of aromatic nitrogens is 1. The number of benzene rings is 8. The fourth-order valence-corrected chi connectivity index (χ4v) is 7.74. The Morgan fingerprint density at radius 2 is 0.946 bits per heavy atom. The van der Waals surface area contributed by atoms with Crippen molar-refractivity contribution < 1.29 is 13.2 Å². The third-order valence-electron chi connectivity index (χ3n) is 10.5. The standard InChI is InChI=1S/C50H38F3N3/c1-33-15-20-40(21-16-33)54(42-13-7-9-35(3)27-42)45-25-26-46-47-29-36-19-24-44(28-37(36)30-48(47)56(49(46)32-45)39-11-5-4-6-12-39)55(41-22-17-34(2)18-23-41)43-14-8-10-38(31-43)50(51,52)53/h4-32H,1-3H3. The van der Waals surface area contributed by atoms with Gasteiger partial charge in [0.15, 0.2) is 0 Å². The smallest absolute Gasteiger partial charge is 0.310 e. The molecule has 8 aromatic carbocycles. The van der Waals surface area contributed by atoms with E-state index in [1.54, 1.807) is 6.07 Å². The van der Waals surface area contributed by atoms with E-state index < -0.39 is 11.7 Å². The van der Waals surface area contributed by atoms with Gasteiger partial charge in [0, 0.05) is 50.6 Å². The molecule has 1 heterocycles. The van der Waals surface area contributed by atoms with Crippen LogP contribution in [0.2, 0.25) is 0 Å². The molecule has 0 radical (unpaired) electrons. The largest absolute Gasteiger partial charge is 0.416 e. The Labute approximate surface area is 324 Å². The Morgan fingerprint density at radius 1 is 0.393 bits per heavy atom. The van der Waals surface area contributed by atoms with Crippen molar-refractivity contribution in [2.45, 2.75) is 26.9 Å². The van der Waals surface area contributed by atoms with E-state index in [0.29, 0.717) is 5.69 Å². The number of rotatable bonds is 7. The van der Waals surface area contributed by atoms with Crippen molar-refractivity contribution >= 4 is 66.7 Å². The first-order valence-corrected chi connectivity index (χ1v) is 18.7. The topological polar surface area (TPSA) is 11.4 Å². The van der Waals surface area contributed by atoms with Gasteiger partial charge in [-0.3, -0.25) is 0 Å². The first kappa shape index (κ1) is 34.9. The van der Waals surface area contributed by atoms with Gasteiger partial charge >= 0.3 is 6.18 Å². The summed E-state index contributed by atoms with van der Waals surface area (Å²) in [6.45, 7) is 6.21. The Kier molecular flexibility index (Phi) is 8.62. The Morgan fingerprint density at radius 3 is 1.59 bits per heavy atom. The predicted molar refractivity (Wildman–Crippen MR) is 227 cm³/mol. The lowest BCUT2D eigenvalue weighted by Gasteiger charge is -2.26. The van der Waals surface area contributed by atoms with E-state index in [2.05, 4.69) is 139 Å².